The Balaban J connectivity index is 2.24. The Bertz CT molecular complexity index is 705. The molecule has 23 heavy (non-hydrogen) atoms. The summed E-state index contributed by atoms with van der Waals surface area (Å²) in [4.78, 5) is 8.59. The molecule has 4 N–H and O–H groups in total. The van der Waals surface area contributed by atoms with Crippen molar-refractivity contribution in [2.24, 2.45) is 15.7 Å². The molecule has 0 spiro atoms. The number of hydrogen-bond donors (Lipinski definition) is 3. The molecule has 118 valence electrons. The molecule has 0 amide bonds. The van der Waals surface area contributed by atoms with Gasteiger partial charge in [0.2, 0.25) is 0 Å². The van der Waals surface area contributed by atoms with E-state index < -0.39 is 0 Å². The van der Waals surface area contributed by atoms with Crippen molar-refractivity contribution in [1.29, 1.82) is 5.41 Å². The number of rotatable bonds is 6. The van der Waals surface area contributed by atoms with Gasteiger partial charge in [-0.25, -0.2) is 0 Å². The molecule has 0 radical (unpaired) electrons. The lowest BCUT2D eigenvalue weighted by molar-refractivity contribution is 1.12. The predicted molar refractivity (Wildman–Crippen MR) is 99.3 cm³/mol. The molecule has 1 aromatic rings. The number of anilines is 1. The highest BCUT2D eigenvalue weighted by molar-refractivity contribution is 6.10. The number of nitrogens with zero attached hydrogens (tertiary/aromatic N) is 2. The van der Waals surface area contributed by atoms with Gasteiger partial charge in [-0.2, -0.15) is 0 Å². The zero-order valence-corrected chi connectivity index (χ0v) is 13.2. The number of benzene rings is 1. The van der Waals surface area contributed by atoms with Crippen molar-refractivity contribution in [3.63, 3.8) is 0 Å². The van der Waals surface area contributed by atoms with Crippen LogP contribution in [0.4, 0.5) is 5.69 Å². The molecular weight excluding hydrogens is 286 g/mol. The first-order chi connectivity index (χ1) is 11.2. The van der Waals surface area contributed by atoms with E-state index in [1.807, 2.05) is 37.3 Å². The standard InChI is InChI=1S/C18H21N5/c1-3-22-18(16-5-4-6-17(16)21-2)23-15-9-7-13(8-10-15)14(11-19)12-20/h4,6-12,19H,2-3,5,20H2,1H3,(H,22,23)/b14-12+,19-11?. The van der Waals surface area contributed by atoms with Gasteiger partial charge in [0.15, 0.2) is 0 Å². The monoisotopic (exact) mass is 307 g/mol. The highest BCUT2D eigenvalue weighted by Crippen LogP contribution is 2.23. The highest BCUT2D eigenvalue weighted by Gasteiger charge is 2.14. The van der Waals surface area contributed by atoms with E-state index in [0.717, 1.165) is 34.8 Å². The van der Waals surface area contributed by atoms with Crippen LogP contribution < -0.4 is 11.1 Å². The molecular formula is C18H21N5. The minimum Gasteiger partial charge on any atom is -0.404 e. The molecule has 2 rings (SSSR count). The van der Waals surface area contributed by atoms with Crippen LogP contribution in [0.25, 0.3) is 5.57 Å². The number of allylic oxidation sites excluding steroid dienone is 3. The fourth-order valence-electron chi connectivity index (χ4n) is 2.34. The number of aliphatic imine (C=N–C) groups is 2. The zero-order chi connectivity index (χ0) is 16.7. The first-order valence-corrected chi connectivity index (χ1v) is 7.44. The summed E-state index contributed by atoms with van der Waals surface area (Å²) in [6.07, 6.45) is 7.48. The van der Waals surface area contributed by atoms with Gasteiger partial charge in [-0.3, -0.25) is 9.98 Å². The topological polar surface area (TPSA) is 86.6 Å². The Morgan fingerprint density at radius 3 is 2.70 bits per heavy atom. The third-order valence-electron chi connectivity index (χ3n) is 3.50. The van der Waals surface area contributed by atoms with Crippen molar-refractivity contribution in [2.75, 3.05) is 11.9 Å². The maximum absolute atomic E-state index is 7.34. The van der Waals surface area contributed by atoms with E-state index in [1.54, 1.807) is 0 Å². The van der Waals surface area contributed by atoms with Gasteiger partial charge in [0, 0.05) is 35.8 Å². The van der Waals surface area contributed by atoms with Crippen molar-refractivity contribution in [1.82, 2.24) is 0 Å². The third kappa shape index (κ3) is 3.83. The molecule has 0 unspecified atom stereocenters. The Morgan fingerprint density at radius 2 is 2.13 bits per heavy atom. The maximum atomic E-state index is 7.34. The molecule has 0 aromatic heterocycles. The number of nitrogens with one attached hydrogen (secondary N) is 2. The van der Waals surface area contributed by atoms with Crippen LogP contribution in [0.2, 0.25) is 0 Å². The molecule has 5 nitrogen and oxygen atoms in total. The van der Waals surface area contributed by atoms with Gasteiger partial charge >= 0.3 is 0 Å². The van der Waals surface area contributed by atoms with Crippen LogP contribution >= 0.6 is 0 Å². The lowest BCUT2D eigenvalue weighted by Gasteiger charge is -2.13. The summed E-state index contributed by atoms with van der Waals surface area (Å²) >= 11 is 0. The largest absolute Gasteiger partial charge is 0.404 e. The second kappa shape index (κ2) is 7.89. The second-order valence-electron chi connectivity index (χ2n) is 4.92. The van der Waals surface area contributed by atoms with E-state index in [0.29, 0.717) is 12.1 Å². The molecule has 0 aliphatic heterocycles. The summed E-state index contributed by atoms with van der Waals surface area (Å²) in [7, 11) is 0. The van der Waals surface area contributed by atoms with Crippen molar-refractivity contribution < 1.29 is 0 Å². The van der Waals surface area contributed by atoms with Crippen molar-refractivity contribution in [2.45, 2.75) is 13.3 Å². The molecule has 0 heterocycles. The minimum absolute atomic E-state index is 0.680. The fourth-order valence-corrected chi connectivity index (χ4v) is 2.34. The van der Waals surface area contributed by atoms with Crippen LogP contribution in [-0.4, -0.2) is 25.3 Å². The molecule has 0 bridgehead atoms. The fraction of sp³-hybridized carbons (Fsp3) is 0.167. The van der Waals surface area contributed by atoms with Gasteiger partial charge in [0.25, 0.3) is 0 Å². The SMILES string of the molecule is C=NC1=C(/C(=N\CC)Nc2ccc(/C(C=N)=C/N)cc2)CC=C1. The zero-order valence-electron chi connectivity index (χ0n) is 13.2. The van der Waals surface area contributed by atoms with Crippen LogP contribution in [0.3, 0.4) is 0 Å². The molecule has 1 aliphatic rings. The molecule has 1 aromatic carbocycles. The summed E-state index contributed by atoms with van der Waals surface area (Å²) in [6, 6.07) is 7.72. The van der Waals surface area contributed by atoms with Crippen LogP contribution in [0, 0.1) is 5.41 Å². The van der Waals surface area contributed by atoms with Gasteiger partial charge in [0.1, 0.15) is 5.84 Å². The Labute approximate surface area is 136 Å². The summed E-state index contributed by atoms with van der Waals surface area (Å²) in [5.41, 5.74) is 9.92. The summed E-state index contributed by atoms with van der Waals surface area (Å²) in [5, 5.41) is 10.7. The van der Waals surface area contributed by atoms with Crippen LogP contribution in [0.15, 0.2) is 63.9 Å². The third-order valence-corrected chi connectivity index (χ3v) is 3.50. The average molecular weight is 307 g/mol. The molecule has 1 aliphatic carbocycles. The molecule has 0 atom stereocenters. The van der Waals surface area contributed by atoms with Crippen LogP contribution in [0.1, 0.15) is 18.9 Å². The summed E-state index contributed by atoms with van der Waals surface area (Å²) in [5.74, 6) is 0.814. The van der Waals surface area contributed by atoms with Crippen molar-refractivity contribution >= 4 is 30.0 Å². The first-order valence-electron chi connectivity index (χ1n) is 7.44. The predicted octanol–water partition coefficient (Wildman–Crippen LogP) is 3.38. The molecule has 0 fully saturated rings. The number of nitrogens with two attached hydrogens (primary N) is 1. The number of amidine groups is 1. The minimum atomic E-state index is 0.680. The van der Waals surface area contributed by atoms with Crippen molar-refractivity contribution in [3.8, 4) is 0 Å². The van der Waals surface area contributed by atoms with E-state index in [-0.39, 0.29) is 0 Å². The van der Waals surface area contributed by atoms with Gasteiger partial charge < -0.3 is 16.5 Å². The van der Waals surface area contributed by atoms with E-state index in [9.17, 15) is 0 Å². The van der Waals surface area contributed by atoms with E-state index in [4.69, 9.17) is 11.1 Å². The first kappa shape index (κ1) is 16.4. The molecule has 0 saturated carbocycles. The lowest BCUT2D eigenvalue weighted by atomic mass is 10.1. The Hall–Kier alpha value is -2.95. The smallest absolute Gasteiger partial charge is 0.131 e. The van der Waals surface area contributed by atoms with Gasteiger partial charge in [-0.15, -0.1) is 0 Å². The average Bonchev–Trinajstić information content (AvgIpc) is 3.05. The Morgan fingerprint density at radius 1 is 1.39 bits per heavy atom. The van der Waals surface area contributed by atoms with Crippen LogP contribution in [0.5, 0.6) is 0 Å². The maximum Gasteiger partial charge on any atom is 0.131 e. The van der Waals surface area contributed by atoms with Gasteiger partial charge in [0.05, 0.1) is 5.70 Å². The Kier molecular flexibility index (Phi) is 5.63. The highest BCUT2D eigenvalue weighted by atomic mass is 15.0. The van der Waals surface area contributed by atoms with Crippen LogP contribution in [-0.2, 0) is 0 Å². The summed E-state index contributed by atoms with van der Waals surface area (Å²) < 4.78 is 0. The molecule has 5 heteroatoms. The van der Waals surface area contributed by atoms with E-state index >= 15 is 0 Å². The quantitative estimate of drug-likeness (QED) is 0.556. The lowest BCUT2D eigenvalue weighted by Crippen LogP contribution is -2.15. The normalized spacial score (nSPS) is 15.0. The summed E-state index contributed by atoms with van der Waals surface area (Å²) in [6.45, 7) is 6.29. The second-order valence-corrected chi connectivity index (χ2v) is 4.92. The van der Waals surface area contributed by atoms with E-state index in [1.165, 1.54) is 12.4 Å². The van der Waals surface area contributed by atoms with Gasteiger partial charge in [-0.05, 0) is 43.8 Å². The number of hydrogen-bond acceptors (Lipinski definition) is 4. The molecule has 0 saturated heterocycles. The van der Waals surface area contributed by atoms with Gasteiger partial charge in [-0.1, -0.05) is 18.2 Å². The van der Waals surface area contributed by atoms with E-state index in [2.05, 4.69) is 28.1 Å². The van der Waals surface area contributed by atoms with Crippen molar-refractivity contribution in [3.05, 3.63) is 59.5 Å².